The van der Waals surface area contributed by atoms with Crippen molar-refractivity contribution >= 4 is 17.3 Å². The number of rotatable bonds is 4. The van der Waals surface area contributed by atoms with Gasteiger partial charge in [-0.05, 0) is 25.0 Å². The molecule has 1 aromatic carbocycles. The highest BCUT2D eigenvalue weighted by molar-refractivity contribution is 5.93. The van der Waals surface area contributed by atoms with E-state index in [2.05, 4.69) is 10.2 Å². The molecule has 1 saturated heterocycles. The molecule has 4 nitrogen and oxygen atoms in total. The zero-order valence-electron chi connectivity index (χ0n) is 11.9. The number of methoxy groups -OCH3 is 1. The second-order valence-electron chi connectivity index (χ2n) is 5.22. The van der Waals surface area contributed by atoms with Crippen LogP contribution < -0.4 is 15.0 Å². The molecular weight excluding hydrogens is 240 g/mol. The van der Waals surface area contributed by atoms with Crippen molar-refractivity contribution in [2.24, 2.45) is 5.92 Å². The molecule has 1 aliphatic rings. The van der Waals surface area contributed by atoms with Crippen molar-refractivity contribution in [2.75, 3.05) is 30.4 Å². The van der Waals surface area contributed by atoms with Crippen LogP contribution in [-0.2, 0) is 4.79 Å². The van der Waals surface area contributed by atoms with Crippen LogP contribution in [0.2, 0.25) is 0 Å². The average molecular weight is 262 g/mol. The minimum atomic E-state index is -0.0389. The summed E-state index contributed by atoms with van der Waals surface area (Å²) in [6.07, 6.45) is 2.49. The Balaban J connectivity index is 2.18. The van der Waals surface area contributed by atoms with E-state index in [4.69, 9.17) is 4.74 Å². The van der Waals surface area contributed by atoms with Gasteiger partial charge < -0.3 is 15.0 Å². The number of benzene rings is 1. The highest BCUT2D eigenvalue weighted by atomic mass is 16.5. The second kappa shape index (κ2) is 5.95. The predicted octanol–water partition coefficient (Wildman–Crippen LogP) is 2.89. The second-order valence-corrected chi connectivity index (χ2v) is 5.22. The number of anilines is 2. The Hall–Kier alpha value is -1.71. The molecule has 4 heteroatoms. The standard InChI is InChI=1S/C15H22N2O2/c1-11(2)15(18)16-13-7-6-12(10-14(13)19-3)17-8-4-5-9-17/h6-7,10-11H,4-5,8-9H2,1-3H3,(H,16,18). The van der Waals surface area contributed by atoms with Gasteiger partial charge in [0.25, 0.3) is 0 Å². The molecule has 1 aromatic rings. The van der Waals surface area contributed by atoms with E-state index in [-0.39, 0.29) is 11.8 Å². The number of carbonyl (C=O) groups is 1. The van der Waals surface area contributed by atoms with Crippen molar-refractivity contribution in [3.05, 3.63) is 18.2 Å². The van der Waals surface area contributed by atoms with Gasteiger partial charge in [-0.15, -0.1) is 0 Å². The molecule has 2 rings (SSSR count). The lowest BCUT2D eigenvalue weighted by atomic mass is 10.2. The summed E-state index contributed by atoms with van der Waals surface area (Å²) in [6, 6.07) is 5.97. The predicted molar refractivity (Wildman–Crippen MR) is 77.9 cm³/mol. The third-order valence-corrected chi connectivity index (χ3v) is 3.44. The Labute approximate surface area is 114 Å². The Morgan fingerprint density at radius 1 is 1.32 bits per heavy atom. The summed E-state index contributed by atoms with van der Waals surface area (Å²) in [4.78, 5) is 14.1. The number of hydrogen-bond acceptors (Lipinski definition) is 3. The van der Waals surface area contributed by atoms with Crippen LogP contribution in [0.1, 0.15) is 26.7 Å². The minimum Gasteiger partial charge on any atom is -0.494 e. The van der Waals surface area contributed by atoms with Gasteiger partial charge in [-0.1, -0.05) is 13.8 Å². The van der Waals surface area contributed by atoms with Crippen LogP contribution in [0.25, 0.3) is 0 Å². The van der Waals surface area contributed by atoms with Crippen LogP contribution in [0.5, 0.6) is 5.75 Å². The number of carbonyl (C=O) groups excluding carboxylic acids is 1. The molecule has 1 heterocycles. The Morgan fingerprint density at radius 2 is 2.00 bits per heavy atom. The normalized spacial score (nSPS) is 14.8. The first kappa shape index (κ1) is 13.7. The molecule has 1 amide bonds. The summed E-state index contributed by atoms with van der Waals surface area (Å²) in [5.41, 5.74) is 1.90. The smallest absolute Gasteiger partial charge is 0.227 e. The van der Waals surface area contributed by atoms with Crippen LogP contribution in [0.3, 0.4) is 0 Å². The first-order chi connectivity index (χ1) is 9.11. The maximum Gasteiger partial charge on any atom is 0.227 e. The van der Waals surface area contributed by atoms with Gasteiger partial charge >= 0.3 is 0 Å². The molecule has 0 atom stereocenters. The summed E-state index contributed by atoms with van der Waals surface area (Å²) in [7, 11) is 1.63. The summed E-state index contributed by atoms with van der Waals surface area (Å²) in [6.45, 7) is 5.95. The van der Waals surface area contributed by atoms with E-state index >= 15 is 0 Å². The number of hydrogen-bond donors (Lipinski definition) is 1. The fourth-order valence-corrected chi connectivity index (χ4v) is 2.23. The third-order valence-electron chi connectivity index (χ3n) is 3.44. The van der Waals surface area contributed by atoms with E-state index < -0.39 is 0 Å². The highest BCUT2D eigenvalue weighted by Crippen LogP contribution is 2.31. The van der Waals surface area contributed by atoms with Gasteiger partial charge in [0, 0.05) is 30.8 Å². The van der Waals surface area contributed by atoms with Gasteiger partial charge in [-0.3, -0.25) is 4.79 Å². The molecule has 1 fully saturated rings. The van der Waals surface area contributed by atoms with Crippen LogP contribution in [0.15, 0.2) is 18.2 Å². The molecule has 0 aliphatic carbocycles. The number of nitrogens with one attached hydrogen (secondary N) is 1. The third kappa shape index (κ3) is 3.19. The fraction of sp³-hybridized carbons (Fsp3) is 0.533. The van der Waals surface area contributed by atoms with Crippen LogP contribution in [0.4, 0.5) is 11.4 Å². The molecule has 1 N–H and O–H groups in total. The molecule has 19 heavy (non-hydrogen) atoms. The van der Waals surface area contributed by atoms with Crippen molar-refractivity contribution in [3.63, 3.8) is 0 Å². The average Bonchev–Trinajstić information content (AvgIpc) is 2.93. The Morgan fingerprint density at radius 3 is 2.58 bits per heavy atom. The lowest BCUT2D eigenvalue weighted by Crippen LogP contribution is -2.19. The molecule has 104 valence electrons. The van der Waals surface area contributed by atoms with Crippen molar-refractivity contribution in [1.82, 2.24) is 0 Å². The largest absolute Gasteiger partial charge is 0.494 e. The molecule has 1 aliphatic heterocycles. The zero-order valence-corrected chi connectivity index (χ0v) is 11.9. The van der Waals surface area contributed by atoms with Crippen molar-refractivity contribution < 1.29 is 9.53 Å². The summed E-state index contributed by atoms with van der Waals surface area (Å²) >= 11 is 0. The van der Waals surface area contributed by atoms with Crippen molar-refractivity contribution in [3.8, 4) is 5.75 Å². The SMILES string of the molecule is COc1cc(N2CCCC2)ccc1NC(=O)C(C)C. The molecule has 0 aromatic heterocycles. The molecule has 0 spiro atoms. The highest BCUT2D eigenvalue weighted by Gasteiger charge is 2.16. The van der Waals surface area contributed by atoms with Gasteiger partial charge in [0.15, 0.2) is 0 Å². The fourth-order valence-electron chi connectivity index (χ4n) is 2.23. The van der Waals surface area contributed by atoms with E-state index in [1.807, 2.05) is 32.0 Å². The molecular formula is C15H22N2O2. The summed E-state index contributed by atoms with van der Waals surface area (Å²) in [5, 5.41) is 2.90. The first-order valence-electron chi connectivity index (χ1n) is 6.85. The maximum atomic E-state index is 11.7. The number of ether oxygens (including phenoxy) is 1. The van der Waals surface area contributed by atoms with E-state index in [9.17, 15) is 4.79 Å². The maximum absolute atomic E-state index is 11.7. The van der Waals surface area contributed by atoms with E-state index in [0.29, 0.717) is 0 Å². The van der Waals surface area contributed by atoms with E-state index in [1.54, 1.807) is 7.11 Å². The van der Waals surface area contributed by atoms with E-state index in [1.165, 1.54) is 12.8 Å². The van der Waals surface area contributed by atoms with Gasteiger partial charge in [0.2, 0.25) is 5.91 Å². The Bertz CT molecular complexity index is 451. The number of nitrogens with zero attached hydrogens (tertiary/aromatic N) is 1. The van der Waals surface area contributed by atoms with Gasteiger partial charge in [-0.25, -0.2) is 0 Å². The van der Waals surface area contributed by atoms with Crippen LogP contribution >= 0.6 is 0 Å². The van der Waals surface area contributed by atoms with Crippen LogP contribution in [0, 0.1) is 5.92 Å². The lowest BCUT2D eigenvalue weighted by Gasteiger charge is -2.20. The first-order valence-corrected chi connectivity index (χ1v) is 6.85. The summed E-state index contributed by atoms with van der Waals surface area (Å²) in [5.74, 6) is 0.689. The van der Waals surface area contributed by atoms with Gasteiger partial charge in [-0.2, -0.15) is 0 Å². The summed E-state index contributed by atoms with van der Waals surface area (Å²) < 4.78 is 5.38. The van der Waals surface area contributed by atoms with Gasteiger partial charge in [0.05, 0.1) is 12.8 Å². The van der Waals surface area contributed by atoms with E-state index in [0.717, 1.165) is 30.2 Å². The molecule has 0 radical (unpaired) electrons. The van der Waals surface area contributed by atoms with Crippen molar-refractivity contribution in [2.45, 2.75) is 26.7 Å². The lowest BCUT2D eigenvalue weighted by molar-refractivity contribution is -0.118. The van der Waals surface area contributed by atoms with Crippen LogP contribution in [-0.4, -0.2) is 26.1 Å². The van der Waals surface area contributed by atoms with Gasteiger partial charge in [0.1, 0.15) is 5.75 Å². The topological polar surface area (TPSA) is 41.6 Å². The Kier molecular flexibility index (Phi) is 4.30. The zero-order chi connectivity index (χ0) is 13.8. The van der Waals surface area contributed by atoms with Crippen molar-refractivity contribution in [1.29, 1.82) is 0 Å². The molecule has 0 saturated carbocycles. The molecule has 0 unspecified atom stereocenters. The quantitative estimate of drug-likeness (QED) is 0.907. The number of amides is 1. The minimum absolute atomic E-state index is 0.00669. The monoisotopic (exact) mass is 262 g/mol. The molecule has 0 bridgehead atoms.